The van der Waals surface area contributed by atoms with Crippen LogP contribution in [0.1, 0.15) is 33.6 Å². The monoisotopic (exact) mass is 378 g/mol. The van der Waals surface area contributed by atoms with Crippen molar-refractivity contribution in [2.45, 2.75) is 44.6 Å². The van der Waals surface area contributed by atoms with Crippen LogP contribution in [0.5, 0.6) is 0 Å². The summed E-state index contributed by atoms with van der Waals surface area (Å²) in [5.74, 6) is 0.470. The first-order valence-corrected chi connectivity index (χ1v) is 8.87. The Morgan fingerprint density at radius 2 is 1.90 bits per heavy atom. The van der Waals surface area contributed by atoms with Gasteiger partial charge in [-0.25, -0.2) is 13.1 Å². The maximum absolute atomic E-state index is 12.3. The van der Waals surface area contributed by atoms with Gasteiger partial charge in [-0.3, -0.25) is 10.1 Å². The van der Waals surface area contributed by atoms with E-state index in [1.165, 1.54) is 18.2 Å². The minimum atomic E-state index is -3.93. The lowest BCUT2D eigenvalue weighted by Crippen LogP contribution is -2.33. The molecule has 1 rings (SSSR count). The third-order valence-corrected chi connectivity index (χ3v) is 5.05. The second kappa shape index (κ2) is 7.33. The first-order chi connectivity index (χ1) is 9.63. The summed E-state index contributed by atoms with van der Waals surface area (Å²) >= 11 is 3.14. The zero-order valence-corrected chi connectivity index (χ0v) is 14.6. The third-order valence-electron chi connectivity index (χ3n) is 2.94. The molecule has 0 saturated carbocycles. The normalized spacial score (nSPS) is 13.4. The van der Waals surface area contributed by atoms with Crippen molar-refractivity contribution in [3.63, 3.8) is 0 Å². The van der Waals surface area contributed by atoms with E-state index in [2.05, 4.69) is 34.5 Å². The summed E-state index contributed by atoms with van der Waals surface area (Å²) in [6, 6.07) is 3.59. The van der Waals surface area contributed by atoms with Gasteiger partial charge in [-0.2, -0.15) is 0 Å². The molecule has 1 aromatic rings. The van der Waals surface area contributed by atoms with Gasteiger partial charge in [0.1, 0.15) is 0 Å². The van der Waals surface area contributed by atoms with E-state index in [1.807, 2.05) is 0 Å². The van der Waals surface area contributed by atoms with Crippen LogP contribution in [-0.2, 0) is 10.0 Å². The summed E-state index contributed by atoms with van der Waals surface area (Å²) in [6.07, 6.45) is 1.56. The SMILES string of the molecule is CC(C)CCC(C)NS(=O)(=O)c1cc(Br)ccc1[N+](=O)[O-]. The Morgan fingerprint density at radius 1 is 1.29 bits per heavy atom. The fourth-order valence-electron chi connectivity index (χ4n) is 1.82. The van der Waals surface area contributed by atoms with Crippen LogP contribution in [0.25, 0.3) is 0 Å². The van der Waals surface area contributed by atoms with Gasteiger partial charge in [-0.15, -0.1) is 0 Å². The van der Waals surface area contributed by atoms with Crippen LogP contribution in [0, 0.1) is 16.0 Å². The fraction of sp³-hybridized carbons (Fsp3) is 0.538. The summed E-state index contributed by atoms with van der Waals surface area (Å²) in [4.78, 5) is 9.96. The molecule has 1 unspecified atom stereocenters. The van der Waals surface area contributed by atoms with E-state index in [-0.39, 0.29) is 10.9 Å². The average Bonchev–Trinajstić information content (AvgIpc) is 2.35. The second-order valence-corrected chi connectivity index (χ2v) is 7.96. The number of hydrogen-bond donors (Lipinski definition) is 1. The van der Waals surface area contributed by atoms with Gasteiger partial charge in [0.15, 0.2) is 4.90 Å². The van der Waals surface area contributed by atoms with Crippen LogP contribution in [-0.4, -0.2) is 19.4 Å². The smallest absolute Gasteiger partial charge is 0.258 e. The molecule has 118 valence electrons. The van der Waals surface area contributed by atoms with Crippen molar-refractivity contribution in [2.75, 3.05) is 0 Å². The van der Waals surface area contributed by atoms with E-state index in [1.54, 1.807) is 6.92 Å². The summed E-state index contributed by atoms with van der Waals surface area (Å²) in [7, 11) is -3.93. The number of halogens is 1. The third kappa shape index (κ3) is 5.37. The Bertz CT molecular complexity index is 617. The van der Waals surface area contributed by atoms with E-state index >= 15 is 0 Å². The van der Waals surface area contributed by atoms with Crippen molar-refractivity contribution in [2.24, 2.45) is 5.92 Å². The largest absolute Gasteiger partial charge is 0.289 e. The number of nitro groups is 1. The zero-order chi connectivity index (χ0) is 16.2. The lowest BCUT2D eigenvalue weighted by atomic mass is 10.1. The fourth-order valence-corrected chi connectivity index (χ4v) is 3.81. The van der Waals surface area contributed by atoms with Gasteiger partial charge in [-0.05, 0) is 37.8 Å². The first kappa shape index (κ1) is 18.1. The predicted octanol–water partition coefficient (Wildman–Crippen LogP) is 3.46. The molecule has 21 heavy (non-hydrogen) atoms. The quantitative estimate of drug-likeness (QED) is 0.580. The number of nitrogens with one attached hydrogen (secondary N) is 1. The molecule has 6 nitrogen and oxygen atoms in total. The molecule has 0 aromatic heterocycles. The van der Waals surface area contributed by atoms with Crippen LogP contribution in [0.15, 0.2) is 27.6 Å². The van der Waals surface area contributed by atoms with Gasteiger partial charge in [0.05, 0.1) is 4.92 Å². The summed E-state index contributed by atoms with van der Waals surface area (Å²) in [6.45, 7) is 5.87. The Labute approximate surface area is 133 Å². The highest BCUT2D eigenvalue weighted by atomic mass is 79.9. The number of rotatable bonds is 7. The van der Waals surface area contributed by atoms with Crippen LogP contribution < -0.4 is 4.72 Å². The highest BCUT2D eigenvalue weighted by molar-refractivity contribution is 9.10. The predicted molar refractivity (Wildman–Crippen MR) is 84.7 cm³/mol. The first-order valence-electron chi connectivity index (χ1n) is 6.59. The Balaban J connectivity index is 3.02. The number of nitrogens with zero attached hydrogens (tertiary/aromatic N) is 1. The van der Waals surface area contributed by atoms with E-state index < -0.39 is 20.6 Å². The molecule has 0 heterocycles. The molecule has 1 atom stereocenters. The van der Waals surface area contributed by atoms with E-state index in [0.29, 0.717) is 16.8 Å². The Hall–Kier alpha value is -0.990. The molecule has 0 aliphatic carbocycles. The van der Waals surface area contributed by atoms with Crippen LogP contribution >= 0.6 is 15.9 Å². The van der Waals surface area contributed by atoms with Gasteiger partial charge in [0.25, 0.3) is 5.69 Å². The van der Waals surface area contributed by atoms with Gasteiger partial charge in [0, 0.05) is 16.6 Å². The van der Waals surface area contributed by atoms with Crippen LogP contribution in [0.3, 0.4) is 0 Å². The number of sulfonamides is 1. The molecule has 0 saturated heterocycles. The molecule has 1 N–H and O–H groups in total. The molecule has 0 aliphatic heterocycles. The molecular formula is C13H19BrN2O4S. The van der Waals surface area contributed by atoms with Gasteiger partial charge in [0.2, 0.25) is 10.0 Å². The maximum Gasteiger partial charge on any atom is 0.289 e. The molecule has 0 fully saturated rings. The van der Waals surface area contributed by atoms with Crippen molar-refractivity contribution in [1.29, 1.82) is 0 Å². The summed E-state index contributed by atoms with van der Waals surface area (Å²) in [5, 5.41) is 11.0. The Kier molecular flexibility index (Phi) is 6.30. The van der Waals surface area contributed by atoms with E-state index in [9.17, 15) is 18.5 Å². The molecule has 1 aromatic carbocycles. The van der Waals surface area contributed by atoms with E-state index in [0.717, 1.165) is 6.42 Å². The number of nitro benzene ring substituents is 1. The maximum atomic E-state index is 12.3. The van der Waals surface area contributed by atoms with Gasteiger partial charge in [-0.1, -0.05) is 29.8 Å². The number of benzene rings is 1. The van der Waals surface area contributed by atoms with Crippen molar-refractivity contribution >= 4 is 31.6 Å². The van der Waals surface area contributed by atoms with Gasteiger partial charge >= 0.3 is 0 Å². The lowest BCUT2D eigenvalue weighted by molar-refractivity contribution is -0.387. The molecule has 0 radical (unpaired) electrons. The van der Waals surface area contributed by atoms with Crippen molar-refractivity contribution in [3.05, 3.63) is 32.8 Å². The number of hydrogen-bond acceptors (Lipinski definition) is 4. The molecule has 0 spiro atoms. The van der Waals surface area contributed by atoms with Crippen LogP contribution in [0.4, 0.5) is 5.69 Å². The van der Waals surface area contributed by atoms with Gasteiger partial charge < -0.3 is 0 Å². The molecular weight excluding hydrogens is 360 g/mol. The average molecular weight is 379 g/mol. The van der Waals surface area contributed by atoms with Crippen LogP contribution in [0.2, 0.25) is 0 Å². The van der Waals surface area contributed by atoms with Crippen molar-refractivity contribution in [3.8, 4) is 0 Å². The Morgan fingerprint density at radius 3 is 2.43 bits per heavy atom. The summed E-state index contributed by atoms with van der Waals surface area (Å²) < 4.78 is 27.6. The summed E-state index contributed by atoms with van der Waals surface area (Å²) in [5.41, 5.74) is -0.429. The van der Waals surface area contributed by atoms with E-state index in [4.69, 9.17) is 0 Å². The second-order valence-electron chi connectivity index (χ2n) is 5.36. The highest BCUT2D eigenvalue weighted by Crippen LogP contribution is 2.27. The zero-order valence-electron chi connectivity index (χ0n) is 12.2. The molecule has 0 amide bonds. The molecule has 0 bridgehead atoms. The highest BCUT2D eigenvalue weighted by Gasteiger charge is 2.27. The minimum absolute atomic E-state index is 0.281. The standard InChI is InChI=1S/C13H19BrN2O4S/c1-9(2)4-5-10(3)15-21(19,20)13-8-11(14)6-7-12(13)16(17)18/h6-10,15H,4-5H2,1-3H3. The van der Waals surface area contributed by atoms with Crippen molar-refractivity contribution < 1.29 is 13.3 Å². The topological polar surface area (TPSA) is 89.3 Å². The molecule has 0 aliphatic rings. The van der Waals surface area contributed by atoms with Crippen molar-refractivity contribution in [1.82, 2.24) is 4.72 Å². The lowest BCUT2D eigenvalue weighted by Gasteiger charge is -2.15. The molecule has 8 heteroatoms. The minimum Gasteiger partial charge on any atom is -0.258 e.